The standard InChI is InChI=1S/C21H30N8/c1-14(22)21(2)7-11-28(12-8-21)17-13-26-18(19(23)27-17)20(24)29-10-4-5-15-16(29)6-3-9-25-15/h3,6,9,13-14,24H,4-5,7-8,10-12,22H2,1-2H3,(H2,23,27)/t14-/m0/s1. The zero-order valence-corrected chi connectivity index (χ0v) is 17.2. The van der Waals surface area contributed by atoms with E-state index >= 15 is 0 Å². The Morgan fingerprint density at radius 3 is 2.69 bits per heavy atom. The summed E-state index contributed by atoms with van der Waals surface area (Å²) in [6, 6.07) is 4.07. The highest BCUT2D eigenvalue weighted by molar-refractivity contribution is 6.09. The Bertz CT molecular complexity index is 901. The molecule has 0 aliphatic carbocycles. The fourth-order valence-electron chi connectivity index (χ4n) is 4.18. The second kappa shape index (κ2) is 7.59. The zero-order chi connectivity index (χ0) is 20.6. The van der Waals surface area contributed by atoms with E-state index < -0.39 is 0 Å². The van der Waals surface area contributed by atoms with Gasteiger partial charge in [0.25, 0.3) is 0 Å². The number of pyridine rings is 1. The molecule has 0 amide bonds. The van der Waals surface area contributed by atoms with Gasteiger partial charge in [0.2, 0.25) is 0 Å². The van der Waals surface area contributed by atoms with Gasteiger partial charge in [0.05, 0.1) is 17.6 Å². The highest BCUT2D eigenvalue weighted by Gasteiger charge is 2.34. The van der Waals surface area contributed by atoms with Gasteiger partial charge in [-0.15, -0.1) is 0 Å². The lowest BCUT2D eigenvalue weighted by Gasteiger charge is -2.42. The lowest BCUT2D eigenvalue weighted by molar-refractivity contribution is 0.205. The van der Waals surface area contributed by atoms with Gasteiger partial charge >= 0.3 is 0 Å². The number of nitrogens with zero attached hydrogens (tertiary/aromatic N) is 5. The van der Waals surface area contributed by atoms with Crippen LogP contribution in [0, 0.1) is 10.8 Å². The van der Waals surface area contributed by atoms with Crippen LogP contribution in [0.3, 0.4) is 0 Å². The van der Waals surface area contributed by atoms with E-state index in [0.29, 0.717) is 11.5 Å². The summed E-state index contributed by atoms with van der Waals surface area (Å²) in [4.78, 5) is 17.7. The summed E-state index contributed by atoms with van der Waals surface area (Å²) in [6.07, 6.45) is 7.44. The topological polar surface area (TPSA) is 121 Å². The molecule has 0 saturated carbocycles. The summed E-state index contributed by atoms with van der Waals surface area (Å²) in [6.45, 7) is 6.86. The van der Waals surface area contributed by atoms with Gasteiger partial charge in [-0.2, -0.15) is 0 Å². The molecule has 29 heavy (non-hydrogen) atoms. The van der Waals surface area contributed by atoms with Crippen molar-refractivity contribution in [2.75, 3.05) is 35.2 Å². The van der Waals surface area contributed by atoms with Crippen LogP contribution in [-0.4, -0.2) is 46.5 Å². The lowest BCUT2D eigenvalue weighted by atomic mass is 9.75. The molecule has 2 aliphatic heterocycles. The third kappa shape index (κ3) is 3.64. The average molecular weight is 395 g/mol. The molecule has 8 heteroatoms. The molecule has 1 atom stereocenters. The summed E-state index contributed by atoms with van der Waals surface area (Å²) in [5.74, 6) is 1.34. The number of amidine groups is 1. The summed E-state index contributed by atoms with van der Waals surface area (Å²) < 4.78 is 0. The average Bonchev–Trinajstić information content (AvgIpc) is 2.73. The predicted octanol–water partition coefficient (Wildman–Crippen LogP) is 2.19. The Hall–Kier alpha value is -2.74. The van der Waals surface area contributed by atoms with Crippen LogP contribution < -0.4 is 21.3 Å². The normalized spacial score (nSPS) is 19.6. The molecule has 2 aromatic heterocycles. The first kappa shape index (κ1) is 19.6. The number of nitrogen functional groups attached to an aromatic ring is 1. The number of hydrogen-bond donors (Lipinski definition) is 3. The molecule has 0 unspecified atom stereocenters. The van der Waals surface area contributed by atoms with Gasteiger partial charge in [0.15, 0.2) is 11.7 Å². The molecule has 8 nitrogen and oxygen atoms in total. The molecule has 0 bridgehead atoms. The van der Waals surface area contributed by atoms with E-state index in [9.17, 15) is 0 Å². The maximum Gasteiger partial charge on any atom is 0.155 e. The van der Waals surface area contributed by atoms with Gasteiger partial charge in [-0.1, -0.05) is 6.92 Å². The number of aromatic nitrogens is 3. The van der Waals surface area contributed by atoms with E-state index in [1.807, 2.05) is 17.0 Å². The minimum atomic E-state index is 0.160. The van der Waals surface area contributed by atoms with Gasteiger partial charge in [-0.3, -0.25) is 10.4 Å². The summed E-state index contributed by atoms with van der Waals surface area (Å²) in [5, 5.41) is 8.70. The first-order chi connectivity index (χ1) is 13.9. The van der Waals surface area contributed by atoms with Crippen molar-refractivity contribution in [3.63, 3.8) is 0 Å². The van der Waals surface area contributed by atoms with Crippen LogP contribution in [0.4, 0.5) is 17.3 Å². The molecule has 2 aromatic rings. The first-order valence-electron chi connectivity index (χ1n) is 10.3. The SMILES string of the molecule is C[C@H](N)C1(C)CCN(c2cnc(C(=N)N3CCCc4ncccc43)c(N)n2)CC1. The highest BCUT2D eigenvalue weighted by atomic mass is 15.2. The van der Waals surface area contributed by atoms with Gasteiger partial charge in [-0.05, 0) is 50.2 Å². The number of piperidine rings is 1. The van der Waals surface area contributed by atoms with E-state index in [2.05, 4.69) is 33.7 Å². The molecule has 4 heterocycles. The molecule has 0 spiro atoms. The largest absolute Gasteiger partial charge is 0.382 e. The second-order valence-corrected chi connectivity index (χ2v) is 8.46. The summed E-state index contributed by atoms with van der Waals surface area (Å²) in [7, 11) is 0. The number of nitrogens with one attached hydrogen (secondary N) is 1. The lowest BCUT2D eigenvalue weighted by Crippen LogP contribution is -2.47. The van der Waals surface area contributed by atoms with Gasteiger partial charge in [0, 0.05) is 31.9 Å². The number of rotatable bonds is 3. The molecule has 154 valence electrons. The smallest absolute Gasteiger partial charge is 0.155 e. The highest BCUT2D eigenvalue weighted by Crippen LogP contribution is 2.35. The predicted molar refractivity (Wildman–Crippen MR) is 116 cm³/mol. The van der Waals surface area contributed by atoms with E-state index in [1.54, 1.807) is 12.4 Å². The monoisotopic (exact) mass is 394 g/mol. The molecule has 4 rings (SSSR count). The van der Waals surface area contributed by atoms with Crippen molar-refractivity contribution in [1.29, 1.82) is 5.41 Å². The maximum atomic E-state index is 8.70. The third-order valence-corrected chi connectivity index (χ3v) is 6.56. The number of hydrogen-bond acceptors (Lipinski definition) is 7. The Kier molecular flexibility index (Phi) is 5.12. The Balaban J connectivity index is 1.52. The van der Waals surface area contributed by atoms with Crippen LogP contribution in [0.25, 0.3) is 0 Å². The molecule has 2 aliphatic rings. The van der Waals surface area contributed by atoms with Crippen LogP contribution in [-0.2, 0) is 6.42 Å². The van der Waals surface area contributed by atoms with Crippen LogP contribution in [0.5, 0.6) is 0 Å². The number of nitrogens with two attached hydrogens (primary N) is 2. The molecule has 1 saturated heterocycles. The quantitative estimate of drug-likeness (QED) is 0.539. The van der Waals surface area contributed by atoms with E-state index in [4.69, 9.17) is 16.9 Å². The van der Waals surface area contributed by atoms with Crippen LogP contribution in [0.1, 0.15) is 44.5 Å². The molecule has 0 radical (unpaired) electrons. The Labute approximate surface area is 171 Å². The second-order valence-electron chi connectivity index (χ2n) is 8.46. The maximum absolute atomic E-state index is 8.70. The van der Waals surface area contributed by atoms with Crippen molar-refractivity contribution in [1.82, 2.24) is 15.0 Å². The third-order valence-electron chi connectivity index (χ3n) is 6.56. The molecule has 0 aromatic carbocycles. The molecule has 5 N–H and O–H groups in total. The molecule has 1 fully saturated rings. The van der Waals surface area contributed by atoms with Gasteiger partial charge in [-0.25, -0.2) is 9.97 Å². The molecular formula is C21H30N8. The number of aryl methyl sites for hydroxylation is 1. The number of fused-ring (bicyclic) bond motifs is 1. The van der Waals surface area contributed by atoms with Crippen molar-refractivity contribution >= 4 is 23.2 Å². The van der Waals surface area contributed by atoms with E-state index in [-0.39, 0.29) is 17.3 Å². The minimum Gasteiger partial charge on any atom is -0.382 e. The zero-order valence-electron chi connectivity index (χ0n) is 17.2. The van der Waals surface area contributed by atoms with Crippen molar-refractivity contribution < 1.29 is 0 Å². The fourth-order valence-corrected chi connectivity index (χ4v) is 4.18. The van der Waals surface area contributed by atoms with Crippen molar-refractivity contribution in [3.8, 4) is 0 Å². The van der Waals surface area contributed by atoms with Crippen LogP contribution >= 0.6 is 0 Å². The van der Waals surface area contributed by atoms with Crippen LogP contribution in [0.2, 0.25) is 0 Å². The van der Waals surface area contributed by atoms with E-state index in [1.165, 1.54) is 0 Å². The van der Waals surface area contributed by atoms with Crippen molar-refractivity contribution in [3.05, 3.63) is 35.9 Å². The van der Waals surface area contributed by atoms with E-state index in [0.717, 1.165) is 62.5 Å². The first-order valence-corrected chi connectivity index (χ1v) is 10.3. The van der Waals surface area contributed by atoms with Gasteiger partial charge in [0.1, 0.15) is 11.5 Å². The minimum absolute atomic E-state index is 0.160. The van der Waals surface area contributed by atoms with Crippen molar-refractivity contribution in [2.45, 2.75) is 45.6 Å². The number of anilines is 3. The Morgan fingerprint density at radius 2 is 2.00 bits per heavy atom. The summed E-state index contributed by atoms with van der Waals surface area (Å²) >= 11 is 0. The molecular weight excluding hydrogens is 364 g/mol. The Morgan fingerprint density at radius 1 is 1.24 bits per heavy atom. The van der Waals surface area contributed by atoms with Crippen molar-refractivity contribution in [2.24, 2.45) is 11.1 Å². The fraction of sp³-hybridized carbons (Fsp3) is 0.524. The summed E-state index contributed by atoms with van der Waals surface area (Å²) in [5.41, 5.74) is 15.0. The van der Waals surface area contributed by atoms with Gasteiger partial charge < -0.3 is 21.3 Å². The van der Waals surface area contributed by atoms with Crippen LogP contribution in [0.15, 0.2) is 24.5 Å².